The van der Waals surface area contributed by atoms with Crippen LogP contribution in [0.2, 0.25) is 5.02 Å². The summed E-state index contributed by atoms with van der Waals surface area (Å²) in [5.41, 5.74) is 0. The molecule has 3 nitrogen and oxygen atoms in total. The van der Waals surface area contributed by atoms with Gasteiger partial charge in [-0.3, -0.25) is 0 Å². The third-order valence-electron chi connectivity index (χ3n) is 2.06. The van der Waals surface area contributed by atoms with Gasteiger partial charge in [-0.25, -0.2) is 4.98 Å². The van der Waals surface area contributed by atoms with E-state index in [0.717, 1.165) is 4.47 Å². The number of nitrogens with one attached hydrogen (secondary N) is 1. The summed E-state index contributed by atoms with van der Waals surface area (Å²) in [7, 11) is 0. The number of hydrogen-bond acceptors (Lipinski definition) is 3. The molecule has 0 spiro atoms. The summed E-state index contributed by atoms with van der Waals surface area (Å²) in [4.78, 5) is 4.11. The zero-order valence-electron chi connectivity index (χ0n) is 8.67. The van der Waals surface area contributed by atoms with Crippen LogP contribution in [0, 0.1) is 5.92 Å². The first-order valence-electron chi connectivity index (χ1n) is 4.73. The van der Waals surface area contributed by atoms with Gasteiger partial charge in [-0.2, -0.15) is 0 Å². The topological polar surface area (TPSA) is 45.1 Å². The minimum absolute atomic E-state index is 0.215. The van der Waals surface area contributed by atoms with Crippen molar-refractivity contribution in [3.8, 4) is 0 Å². The fourth-order valence-corrected chi connectivity index (χ4v) is 1.68. The largest absolute Gasteiger partial charge is 0.391 e. The van der Waals surface area contributed by atoms with Crippen molar-refractivity contribution in [3.63, 3.8) is 0 Å². The Hall–Kier alpha value is -0.320. The van der Waals surface area contributed by atoms with E-state index in [0.29, 0.717) is 17.4 Å². The van der Waals surface area contributed by atoms with Gasteiger partial charge in [0.2, 0.25) is 0 Å². The molecule has 1 atom stereocenters. The molecule has 0 saturated carbocycles. The van der Waals surface area contributed by atoms with Crippen LogP contribution in [0.15, 0.2) is 16.7 Å². The minimum Gasteiger partial charge on any atom is -0.391 e. The van der Waals surface area contributed by atoms with Gasteiger partial charge in [-0.1, -0.05) is 25.4 Å². The second kappa shape index (κ2) is 5.68. The van der Waals surface area contributed by atoms with E-state index in [-0.39, 0.29) is 5.92 Å². The van der Waals surface area contributed by atoms with Gasteiger partial charge in [0.1, 0.15) is 5.82 Å². The van der Waals surface area contributed by atoms with E-state index in [1.165, 1.54) is 0 Å². The number of nitrogens with zero attached hydrogens (tertiary/aromatic N) is 1. The summed E-state index contributed by atoms with van der Waals surface area (Å²) < 4.78 is 0.836. The average molecular weight is 294 g/mol. The molecule has 5 heteroatoms. The highest BCUT2D eigenvalue weighted by atomic mass is 79.9. The van der Waals surface area contributed by atoms with Gasteiger partial charge in [0, 0.05) is 17.2 Å². The van der Waals surface area contributed by atoms with E-state index in [4.69, 9.17) is 11.6 Å². The summed E-state index contributed by atoms with van der Waals surface area (Å²) >= 11 is 9.23. The predicted octanol–water partition coefficient (Wildman–Crippen LogP) is 2.93. The Morgan fingerprint density at radius 1 is 1.60 bits per heavy atom. The van der Waals surface area contributed by atoms with Gasteiger partial charge in [-0.15, -0.1) is 0 Å². The molecule has 1 rings (SSSR count). The van der Waals surface area contributed by atoms with Gasteiger partial charge in [0.15, 0.2) is 0 Å². The van der Waals surface area contributed by atoms with E-state index in [9.17, 15) is 5.11 Å². The molecule has 1 aromatic heterocycles. The Labute approximate surface area is 103 Å². The first-order valence-corrected chi connectivity index (χ1v) is 5.90. The molecular formula is C10H14BrClN2O. The molecule has 0 fully saturated rings. The molecule has 0 radical (unpaired) electrons. The lowest BCUT2D eigenvalue weighted by atomic mass is 10.1. The molecule has 0 aromatic carbocycles. The van der Waals surface area contributed by atoms with Crippen LogP contribution >= 0.6 is 27.5 Å². The van der Waals surface area contributed by atoms with Crippen LogP contribution < -0.4 is 5.32 Å². The Bertz CT molecular complexity index is 333. The lowest BCUT2D eigenvalue weighted by Crippen LogP contribution is -2.25. The SMILES string of the molecule is CC(C)C(O)CNc1ncc(Br)cc1Cl. The third-order valence-corrected chi connectivity index (χ3v) is 2.78. The Balaban J connectivity index is 2.58. The highest BCUT2D eigenvalue weighted by Crippen LogP contribution is 2.22. The van der Waals surface area contributed by atoms with Crippen molar-refractivity contribution in [1.82, 2.24) is 4.98 Å². The highest BCUT2D eigenvalue weighted by molar-refractivity contribution is 9.10. The first-order chi connectivity index (χ1) is 7.00. The van der Waals surface area contributed by atoms with Gasteiger partial charge in [0.25, 0.3) is 0 Å². The molecule has 0 amide bonds. The molecule has 0 saturated heterocycles. The molecule has 1 unspecified atom stereocenters. The van der Waals surface area contributed by atoms with Gasteiger partial charge in [-0.05, 0) is 27.9 Å². The molecule has 1 heterocycles. The Morgan fingerprint density at radius 2 is 2.27 bits per heavy atom. The van der Waals surface area contributed by atoms with E-state index in [1.807, 2.05) is 13.8 Å². The molecule has 0 aliphatic carbocycles. The zero-order chi connectivity index (χ0) is 11.4. The maximum atomic E-state index is 9.59. The quantitative estimate of drug-likeness (QED) is 0.897. The second-order valence-corrected chi connectivity index (χ2v) is 5.00. The normalized spacial score (nSPS) is 12.9. The highest BCUT2D eigenvalue weighted by Gasteiger charge is 2.10. The van der Waals surface area contributed by atoms with Crippen molar-refractivity contribution >= 4 is 33.3 Å². The molecule has 2 N–H and O–H groups in total. The van der Waals surface area contributed by atoms with Gasteiger partial charge in [0.05, 0.1) is 11.1 Å². The number of aliphatic hydroxyl groups is 1. The first kappa shape index (κ1) is 12.7. The molecule has 0 aliphatic rings. The van der Waals surface area contributed by atoms with Crippen molar-refractivity contribution in [2.24, 2.45) is 5.92 Å². The summed E-state index contributed by atoms with van der Waals surface area (Å²) in [6, 6.07) is 1.76. The van der Waals surface area contributed by atoms with E-state index >= 15 is 0 Å². The number of aromatic nitrogens is 1. The maximum absolute atomic E-state index is 9.59. The summed E-state index contributed by atoms with van der Waals surface area (Å²) in [5.74, 6) is 0.811. The maximum Gasteiger partial charge on any atom is 0.144 e. The van der Waals surface area contributed by atoms with Crippen molar-refractivity contribution < 1.29 is 5.11 Å². The fraction of sp³-hybridized carbons (Fsp3) is 0.500. The monoisotopic (exact) mass is 292 g/mol. The lowest BCUT2D eigenvalue weighted by Gasteiger charge is -2.15. The average Bonchev–Trinajstić information content (AvgIpc) is 2.15. The second-order valence-electron chi connectivity index (χ2n) is 3.68. The fourth-order valence-electron chi connectivity index (χ4n) is 0.982. The van der Waals surface area contributed by atoms with Crippen LogP contribution in [0.25, 0.3) is 0 Å². The van der Waals surface area contributed by atoms with Crippen LogP contribution in [0.5, 0.6) is 0 Å². The predicted molar refractivity (Wildman–Crippen MR) is 66.3 cm³/mol. The smallest absolute Gasteiger partial charge is 0.144 e. The molecule has 0 bridgehead atoms. The minimum atomic E-state index is -0.397. The van der Waals surface area contributed by atoms with Crippen LogP contribution in [0.1, 0.15) is 13.8 Å². The number of rotatable bonds is 4. The number of anilines is 1. The summed E-state index contributed by atoms with van der Waals surface area (Å²) in [6.07, 6.45) is 1.27. The van der Waals surface area contributed by atoms with Crippen LogP contribution in [0.4, 0.5) is 5.82 Å². The van der Waals surface area contributed by atoms with Crippen LogP contribution in [-0.4, -0.2) is 22.7 Å². The standard InChI is InChI=1S/C10H14BrClN2O/c1-6(2)9(15)5-14-10-8(12)3-7(11)4-13-10/h3-4,6,9,15H,5H2,1-2H3,(H,13,14). The van der Waals surface area contributed by atoms with E-state index in [1.54, 1.807) is 12.3 Å². The van der Waals surface area contributed by atoms with Crippen LogP contribution in [0.3, 0.4) is 0 Å². The van der Waals surface area contributed by atoms with Crippen molar-refractivity contribution in [1.29, 1.82) is 0 Å². The molecule has 0 aliphatic heterocycles. The van der Waals surface area contributed by atoms with Crippen molar-refractivity contribution in [2.45, 2.75) is 20.0 Å². The third kappa shape index (κ3) is 3.97. The van der Waals surface area contributed by atoms with Crippen molar-refractivity contribution in [2.75, 3.05) is 11.9 Å². The molecule has 15 heavy (non-hydrogen) atoms. The van der Waals surface area contributed by atoms with Crippen molar-refractivity contribution in [3.05, 3.63) is 21.8 Å². The van der Waals surface area contributed by atoms with Gasteiger partial charge >= 0.3 is 0 Å². The Morgan fingerprint density at radius 3 is 2.80 bits per heavy atom. The lowest BCUT2D eigenvalue weighted by molar-refractivity contribution is 0.138. The molecule has 84 valence electrons. The van der Waals surface area contributed by atoms with Gasteiger partial charge < -0.3 is 10.4 Å². The van der Waals surface area contributed by atoms with E-state index in [2.05, 4.69) is 26.2 Å². The summed E-state index contributed by atoms with van der Waals surface area (Å²) in [5, 5.41) is 13.1. The van der Waals surface area contributed by atoms with E-state index < -0.39 is 6.10 Å². The number of hydrogen-bond donors (Lipinski definition) is 2. The molecular weight excluding hydrogens is 279 g/mol. The van der Waals surface area contributed by atoms with Crippen LogP contribution in [-0.2, 0) is 0 Å². The number of halogens is 2. The molecule has 1 aromatic rings. The zero-order valence-corrected chi connectivity index (χ0v) is 11.0. The number of aliphatic hydroxyl groups excluding tert-OH is 1. The summed E-state index contributed by atoms with van der Waals surface area (Å²) in [6.45, 7) is 4.37. The Kier molecular flexibility index (Phi) is 4.83. The number of pyridine rings is 1.